The molecule has 6 heteroatoms. The van der Waals surface area contributed by atoms with Gasteiger partial charge in [-0.15, -0.1) is 0 Å². The zero-order chi connectivity index (χ0) is 11.3. The van der Waals surface area contributed by atoms with Crippen molar-refractivity contribution in [2.75, 3.05) is 5.75 Å². The lowest BCUT2D eigenvalue weighted by molar-refractivity contribution is -0.137. The summed E-state index contributed by atoms with van der Waals surface area (Å²) < 4.78 is 0. The molecule has 0 spiro atoms. The summed E-state index contributed by atoms with van der Waals surface area (Å²) in [7, 11) is 0. The maximum atomic E-state index is 10.4. The van der Waals surface area contributed by atoms with Crippen LogP contribution in [0.5, 0.6) is 0 Å². The monoisotopic (exact) mass is 246 g/mol. The molecule has 0 fully saturated rings. The van der Waals surface area contributed by atoms with E-state index in [1.807, 2.05) is 6.07 Å². The number of aliphatic carboxylic acids is 1. The second-order valence-corrected chi connectivity index (χ2v) is 4.36. The minimum Gasteiger partial charge on any atom is -0.480 e. The number of hydrogen-bond donors (Lipinski definition) is 2. The standard InChI is InChI=1S/C9H11ClN2O2S/c10-8-3-6(1-2-12-8)4-15-5-7(11)9(13)14/h1-3,7H,4-5,11H2,(H,13,14)/t7-/m0/s1. The van der Waals surface area contributed by atoms with Gasteiger partial charge in [-0.05, 0) is 17.7 Å². The van der Waals surface area contributed by atoms with Crippen molar-refractivity contribution in [1.82, 2.24) is 4.98 Å². The van der Waals surface area contributed by atoms with Gasteiger partial charge in [-0.2, -0.15) is 11.8 Å². The number of rotatable bonds is 5. The molecule has 15 heavy (non-hydrogen) atoms. The fourth-order valence-corrected chi connectivity index (χ4v) is 2.03. The zero-order valence-corrected chi connectivity index (χ0v) is 9.46. The van der Waals surface area contributed by atoms with Gasteiger partial charge >= 0.3 is 5.97 Å². The Balaban J connectivity index is 2.35. The van der Waals surface area contributed by atoms with Crippen LogP contribution in [0.4, 0.5) is 0 Å². The van der Waals surface area contributed by atoms with E-state index in [9.17, 15) is 4.79 Å². The van der Waals surface area contributed by atoms with Gasteiger partial charge in [-0.25, -0.2) is 4.98 Å². The van der Waals surface area contributed by atoms with Crippen molar-refractivity contribution in [3.63, 3.8) is 0 Å². The van der Waals surface area contributed by atoms with Crippen molar-refractivity contribution in [2.24, 2.45) is 5.73 Å². The first-order valence-electron chi connectivity index (χ1n) is 4.26. The van der Waals surface area contributed by atoms with E-state index in [-0.39, 0.29) is 0 Å². The number of carboxylic acids is 1. The Morgan fingerprint density at radius 3 is 3.07 bits per heavy atom. The summed E-state index contributed by atoms with van der Waals surface area (Å²) >= 11 is 7.16. The lowest BCUT2D eigenvalue weighted by Gasteiger charge is -2.05. The number of carbonyl (C=O) groups is 1. The van der Waals surface area contributed by atoms with Gasteiger partial charge in [0.2, 0.25) is 0 Å². The molecule has 0 amide bonds. The molecule has 1 aromatic heterocycles. The molecule has 1 aromatic rings. The van der Waals surface area contributed by atoms with E-state index >= 15 is 0 Å². The van der Waals surface area contributed by atoms with E-state index in [0.717, 1.165) is 5.56 Å². The van der Waals surface area contributed by atoms with Crippen molar-refractivity contribution in [1.29, 1.82) is 0 Å². The van der Waals surface area contributed by atoms with Crippen LogP contribution in [-0.2, 0) is 10.5 Å². The summed E-state index contributed by atoms with van der Waals surface area (Å²) in [6.45, 7) is 0. The smallest absolute Gasteiger partial charge is 0.321 e. The van der Waals surface area contributed by atoms with E-state index in [1.165, 1.54) is 11.8 Å². The first-order valence-corrected chi connectivity index (χ1v) is 5.79. The van der Waals surface area contributed by atoms with Gasteiger partial charge in [-0.3, -0.25) is 4.79 Å². The second kappa shape index (κ2) is 5.95. The molecule has 0 aromatic carbocycles. The van der Waals surface area contributed by atoms with Gasteiger partial charge in [0.25, 0.3) is 0 Å². The molecule has 1 atom stereocenters. The zero-order valence-electron chi connectivity index (χ0n) is 7.89. The molecule has 1 rings (SSSR count). The number of halogens is 1. The maximum absolute atomic E-state index is 10.4. The minimum atomic E-state index is -0.977. The van der Waals surface area contributed by atoms with Crippen molar-refractivity contribution in [3.8, 4) is 0 Å². The molecule has 4 nitrogen and oxygen atoms in total. The molecule has 0 radical (unpaired) electrons. The SMILES string of the molecule is N[C@@H](CSCc1ccnc(Cl)c1)C(=O)O. The lowest BCUT2D eigenvalue weighted by atomic mass is 10.3. The summed E-state index contributed by atoms with van der Waals surface area (Å²) in [5, 5.41) is 8.99. The molecule has 0 saturated heterocycles. The Labute approximate surface area is 96.8 Å². The third-order valence-electron chi connectivity index (χ3n) is 1.67. The Hall–Kier alpha value is -0.780. The maximum Gasteiger partial charge on any atom is 0.321 e. The van der Waals surface area contributed by atoms with Crippen LogP contribution in [0.3, 0.4) is 0 Å². The molecule has 0 aliphatic rings. The molecular formula is C9H11ClN2O2S. The van der Waals surface area contributed by atoms with Crippen LogP contribution in [0.25, 0.3) is 0 Å². The van der Waals surface area contributed by atoms with Crippen LogP contribution >= 0.6 is 23.4 Å². The Kier molecular flexibility index (Phi) is 4.87. The van der Waals surface area contributed by atoms with Crippen molar-refractivity contribution in [2.45, 2.75) is 11.8 Å². The summed E-state index contributed by atoms with van der Waals surface area (Å²) in [5.41, 5.74) is 6.36. The van der Waals surface area contributed by atoms with Crippen molar-refractivity contribution in [3.05, 3.63) is 29.0 Å². The highest BCUT2D eigenvalue weighted by Crippen LogP contribution is 2.15. The predicted octanol–water partition coefficient (Wildman–Crippen LogP) is 1.38. The van der Waals surface area contributed by atoms with Crippen LogP contribution in [0.2, 0.25) is 5.15 Å². The van der Waals surface area contributed by atoms with Crippen LogP contribution in [0.1, 0.15) is 5.56 Å². The first-order chi connectivity index (χ1) is 7.09. The van der Waals surface area contributed by atoms with E-state index in [4.69, 9.17) is 22.4 Å². The third-order valence-corrected chi connectivity index (χ3v) is 3.01. The highest BCUT2D eigenvalue weighted by atomic mass is 35.5. The average molecular weight is 247 g/mol. The molecule has 0 aliphatic heterocycles. The van der Waals surface area contributed by atoms with Gasteiger partial charge < -0.3 is 10.8 Å². The minimum absolute atomic E-state index is 0.384. The summed E-state index contributed by atoms with van der Waals surface area (Å²) in [5.74, 6) is 0.0913. The summed E-state index contributed by atoms with van der Waals surface area (Å²) in [6.07, 6.45) is 1.62. The van der Waals surface area contributed by atoms with Crippen LogP contribution in [0.15, 0.2) is 18.3 Å². The Bertz CT molecular complexity index is 349. The van der Waals surface area contributed by atoms with Crippen LogP contribution in [-0.4, -0.2) is 27.9 Å². The van der Waals surface area contributed by atoms with E-state index in [2.05, 4.69) is 4.98 Å². The fourth-order valence-electron chi connectivity index (χ4n) is 0.907. The van der Waals surface area contributed by atoms with Crippen LogP contribution < -0.4 is 5.73 Å². The highest BCUT2D eigenvalue weighted by Gasteiger charge is 2.10. The number of pyridine rings is 1. The number of nitrogens with two attached hydrogens (primary N) is 1. The van der Waals surface area contributed by atoms with E-state index in [1.54, 1.807) is 12.3 Å². The Morgan fingerprint density at radius 2 is 2.47 bits per heavy atom. The van der Waals surface area contributed by atoms with E-state index < -0.39 is 12.0 Å². The van der Waals surface area contributed by atoms with Gasteiger partial charge in [0.05, 0.1) is 0 Å². The van der Waals surface area contributed by atoms with Gasteiger partial charge in [0, 0.05) is 17.7 Å². The summed E-state index contributed by atoms with van der Waals surface area (Å²) in [6, 6.07) is 2.78. The van der Waals surface area contributed by atoms with E-state index in [0.29, 0.717) is 16.7 Å². The largest absolute Gasteiger partial charge is 0.480 e. The number of hydrogen-bond acceptors (Lipinski definition) is 4. The van der Waals surface area contributed by atoms with Gasteiger partial charge in [0.15, 0.2) is 0 Å². The first kappa shape index (κ1) is 12.3. The third kappa shape index (κ3) is 4.51. The second-order valence-electron chi connectivity index (χ2n) is 2.95. The molecule has 0 saturated carbocycles. The molecule has 82 valence electrons. The molecule has 1 heterocycles. The number of thioether (sulfide) groups is 1. The molecule has 0 aliphatic carbocycles. The van der Waals surface area contributed by atoms with Crippen LogP contribution in [0, 0.1) is 0 Å². The van der Waals surface area contributed by atoms with Crippen molar-refractivity contribution < 1.29 is 9.90 Å². The normalized spacial score (nSPS) is 12.4. The fraction of sp³-hybridized carbons (Fsp3) is 0.333. The molecule has 3 N–H and O–H groups in total. The quantitative estimate of drug-likeness (QED) is 0.768. The lowest BCUT2D eigenvalue weighted by Crippen LogP contribution is -2.32. The topological polar surface area (TPSA) is 76.2 Å². The number of nitrogens with zero attached hydrogens (tertiary/aromatic N) is 1. The molecule has 0 unspecified atom stereocenters. The van der Waals surface area contributed by atoms with Gasteiger partial charge in [0.1, 0.15) is 11.2 Å². The average Bonchev–Trinajstić information content (AvgIpc) is 2.17. The molecular weight excluding hydrogens is 236 g/mol. The van der Waals surface area contributed by atoms with Gasteiger partial charge in [-0.1, -0.05) is 11.6 Å². The Morgan fingerprint density at radius 1 is 1.73 bits per heavy atom. The molecule has 0 bridgehead atoms. The number of carboxylic acid groups (broad SMARTS) is 1. The highest BCUT2D eigenvalue weighted by molar-refractivity contribution is 7.98. The number of aromatic nitrogens is 1. The summed E-state index contributed by atoms with van der Waals surface area (Å²) in [4.78, 5) is 14.3. The van der Waals surface area contributed by atoms with Crippen molar-refractivity contribution >= 4 is 29.3 Å². The predicted molar refractivity (Wildman–Crippen MR) is 61.0 cm³/mol.